The van der Waals surface area contributed by atoms with Crippen molar-refractivity contribution in [2.75, 3.05) is 0 Å². The highest BCUT2D eigenvalue weighted by Gasteiger charge is 2.10. The first-order chi connectivity index (χ1) is 13.2. The van der Waals surface area contributed by atoms with Gasteiger partial charge in [0.2, 0.25) is 0 Å². The zero-order chi connectivity index (χ0) is 20.6. The molecular formula is C18H14N2O8. The summed E-state index contributed by atoms with van der Waals surface area (Å²) in [5.41, 5.74) is 0.977. The van der Waals surface area contributed by atoms with Gasteiger partial charge in [-0.3, -0.25) is 0 Å². The third-order valence-electron chi connectivity index (χ3n) is 3.89. The highest BCUT2D eigenvalue weighted by Crippen LogP contribution is 2.31. The van der Waals surface area contributed by atoms with Gasteiger partial charge in [0.15, 0.2) is 23.0 Å². The van der Waals surface area contributed by atoms with Crippen LogP contribution < -0.4 is 0 Å². The lowest BCUT2D eigenvalue weighted by molar-refractivity contribution is 0.0681. The Morgan fingerprint density at radius 1 is 0.571 bits per heavy atom. The predicted octanol–water partition coefficient (Wildman–Crippen LogP) is 2.55. The summed E-state index contributed by atoms with van der Waals surface area (Å²) in [5, 5.41) is 55.0. The molecule has 0 atom stereocenters. The number of aromatic carboxylic acids is 2. The van der Waals surface area contributed by atoms with Gasteiger partial charge in [0.1, 0.15) is 11.4 Å². The molecule has 8 N–H and O–H groups in total. The number of aromatic nitrogens is 2. The zero-order valence-corrected chi connectivity index (χ0v) is 14.0. The highest BCUT2D eigenvalue weighted by atomic mass is 16.4. The molecular weight excluding hydrogens is 372 g/mol. The Labute approximate surface area is 155 Å². The number of carbonyl (C=O) groups is 2. The molecule has 2 aromatic heterocycles. The van der Waals surface area contributed by atoms with E-state index in [4.69, 9.17) is 30.6 Å². The number of hydrogen-bond donors (Lipinski definition) is 8. The number of phenolic OH excluding ortho intramolecular Hbond substituents is 4. The number of hydrogen-bond acceptors (Lipinski definition) is 6. The highest BCUT2D eigenvalue weighted by molar-refractivity contribution is 5.95. The van der Waals surface area contributed by atoms with Crippen molar-refractivity contribution in [2.24, 2.45) is 0 Å². The fourth-order valence-corrected chi connectivity index (χ4v) is 2.55. The van der Waals surface area contributed by atoms with Gasteiger partial charge in [-0.25, -0.2) is 9.59 Å². The second-order valence-electron chi connectivity index (χ2n) is 5.83. The lowest BCUT2D eigenvalue weighted by Crippen LogP contribution is -1.94. The standard InChI is InChI=1S/2C9H7NO4/c2*11-7-2-4-1-6(9(13)14)10-5(4)3-8(7)12/h2*1-3,10-12H,(H,13,14). The number of benzene rings is 2. The first-order valence-corrected chi connectivity index (χ1v) is 7.71. The fourth-order valence-electron chi connectivity index (χ4n) is 2.55. The van der Waals surface area contributed by atoms with Gasteiger partial charge in [0.25, 0.3) is 0 Å². The lowest BCUT2D eigenvalue weighted by Gasteiger charge is -1.95. The zero-order valence-electron chi connectivity index (χ0n) is 14.0. The molecule has 0 saturated carbocycles. The maximum Gasteiger partial charge on any atom is 0.352 e. The van der Waals surface area contributed by atoms with Crippen LogP contribution in [0.5, 0.6) is 23.0 Å². The minimum Gasteiger partial charge on any atom is -0.504 e. The second-order valence-corrected chi connectivity index (χ2v) is 5.83. The summed E-state index contributed by atoms with van der Waals surface area (Å²) in [6, 6.07) is 7.92. The maximum absolute atomic E-state index is 10.6. The van der Waals surface area contributed by atoms with Crippen molar-refractivity contribution in [2.45, 2.75) is 0 Å². The molecule has 0 fully saturated rings. The summed E-state index contributed by atoms with van der Waals surface area (Å²) in [5.74, 6) is -3.27. The number of aromatic hydroxyl groups is 4. The molecule has 0 aliphatic heterocycles. The van der Waals surface area contributed by atoms with Crippen LogP contribution in [0.3, 0.4) is 0 Å². The number of phenols is 4. The fraction of sp³-hybridized carbons (Fsp3) is 0. The quantitative estimate of drug-likeness (QED) is 0.241. The van der Waals surface area contributed by atoms with Gasteiger partial charge >= 0.3 is 11.9 Å². The van der Waals surface area contributed by atoms with Gasteiger partial charge in [-0.1, -0.05) is 0 Å². The van der Waals surface area contributed by atoms with E-state index in [1.54, 1.807) is 0 Å². The van der Waals surface area contributed by atoms with E-state index < -0.39 is 11.9 Å². The number of H-pyrrole nitrogens is 2. The van der Waals surface area contributed by atoms with Crippen LogP contribution in [0.4, 0.5) is 0 Å². The Bertz CT molecular complexity index is 1050. The minimum absolute atomic E-state index is 0.0185. The Morgan fingerprint density at radius 3 is 1.21 bits per heavy atom. The first-order valence-electron chi connectivity index (χ1n) is 7.71. The average Bonchev–Trinajstić information content (AvgIpc) is 3.20. The van der Waals surface area contributed by atoms with Gasteiger partial charge in [-0.15, -0.1) is 0 Å². The summed E-state index contributed by atoms with van der Waals surface area (Å²) >= 11 is 0. The molecule has 2 heterocycles. The van der Waals surface area contributed by atoms with Crippen molar-refractivity contribution in [1.29, 1.82) is 0 Å². The third-order valence-corrected chi connectivity index (χ3v) is 3.89. The van der Waals surface area contributed by atoms with E-state index in [1.807, 2.05) is 0 Å². The van der Waals surface area contributed by atoms with Gasteiger partial charge in [-0.05, 0) is 24.3 Å². The molecule has 0 spiro atoms. The summed E-state index contributed by atoms with van der Waals surface area (Å²) in [6.45, 7) is 0. The maximum atomic E-state index is 10.6. The molecule has 0 bridgehead atoms. The number of carboxylic acids is 2. The molecule has 0 radical (unpaired) electrons. The van der Waals surface area contributed by atoms with Crippen LogP contribution in [0.1, 0.15) is 21.0 Å². The molecule has 0 saturated heterocycles. The molecule has 4 aromatic rings. The van der Waals surface area contributed by atoms with Gasteiger partial charge in [0.05, 0.1) is 11.0 Å². The van der Waals surface area contributed by atoms with Crippen molar-refractivity contribution in [3.05, 3.63) is 47.8 Å². The smallest absolute Gasteiger partial charge is 0.352 e. The van der Waals surface area contributed by atoms with Crippen LogP contribution >= 0.6 is 0 Å². The second kappa shape index (κ2) is 6.76. The molecule has 0 aliphatic rings. The Morgan fingerprint density at radius 2 is 0.893 bits per heavy atom. The Balaban J connectivity index is 0.000000161. The Kier molecular flexibility index (Phi) is 4.45. The normalized spacial score (nSPS) is 10.6. The SMILES string of the molecule is O=C(O)c1cc2cc(O)c(O)cc2[nH]1.O=C(O)c1cc2cc(O)c(O)cc2[nH]1. The molecule has 4 rings (SSSR count). The molecule has 0 aliphatic carbocycles. The summed E-state index contributed by atoms with van der Waals surface area (Å²) < 4.78 is 0. The minimum atomic E-state index is -1.08. The van der Waals surface area contributed by atoms with Gasteiger partial charge < -0.3 is 40.6 Å². The molecule has 0 unspecified atom stereocenters. The number of rotatable bonds is 2. The van der Waals surface area contributed by atoms with Gasteiger partial charge in [-0.2, -0.15) is 0 Å². The summed E-state index contributed by atoms with van der Waals surface area (Å²) in [7, 11) is 0. The molecule has 10 heteroatoms. The van der Waals surface area contributed by atoms with E-state index in [1.165, 1.54) is 36.4 Å². The Hall–Kier alpha value is -4.34. The van der Waals surface area contributed by atoms with Crippen LogP contribution in [0, 0.1) is 0 Å². The van der Waals surface area contributed by atoms with Crippen LogP contribution in [-0.2, 0) is 0 Å². The third kappa shape index (κ3) is 3.46. The largest absolute Gasteiger partial charge is 0.504 e. The van der Waals surface area contributed by atoms with E-state index in [9.17, 15) is 9.59 Å². The molecule has 2 aromatic carbocycles. The van der Waals surface area contributed by atoms with E-state index in [-0.39, 0.29) is 34.4 Å². The lowest BCUT2D eigenvalue weighted by atomic mass is 10.2. The number of fused-ring (bicyclic) bond motifs is 2. The van der Waals surface area contributed by atoms with Crippen LogP contribution in [0.25, 0.3) is 21.8 Å². The van der Waals surface area contributed by atoms with Crippen molar-refractivity contribution < 1.29 is 40.2 Å². The van der Waals surface area contributed by atoms with Crippen LogP contribution in [0.2, 0.25) is 0 Å². The van der Waals surface area contributed by atoms with E-state index >= 15 is 0 Å². The van der Waals surface area contributed by atoms with E-state index in [0.29, 0.717) is 21.8 Å². The molecule has 10 nitrogen and oxygen atoms in total. The monoisotopic (exact) mass is 386 g/mol. The van der Waals surface area contributed by atoms with Crippen LogP contribution in [0.15, 0.2) is 36.4 Å². The summed E-state index contributed by atoms with van der Waals surface area (Å²) in [4.78, 5) is 26.4. The molecule has 28 heavy (non-hydrogen) atoms. The van der Waals surface area contributed by atoms with Crippen molar-refractivity contribution >= 4 is 33.7 Å². The topological polar surface area (TPSA) is 187 Å². The summed E-state index contributed by atoms with van der Waals surface area (Å²) in [6.07, 6.45) is 0. The average molecular weight is 386 g/mol. The van der Waals surface area contributed by atoms with Crippen molar-refractivity contribution in [3.8, 4) is 23.0 Å². The van der Waals surface area contributed by atoms with E-state index in [0.717, 1.165) is 0 Å². The number of aromatic amines is 2. The number of carboxylic acid groups (broad SMARTS) is 2. The van der Waals surface area contributed by atoms with Crippen LogP contribution in [-0.4, -0.2) is 52.5 Å². The number of nitrogens with one attached hydrogen (secondary N) is 2. The van der Waals surface area contributed by atoms with Crippen molar-refractivity contribution in [1.82, 2.24) is 9.97 Å². The predicted molar refractivity (Wildman–Crippen MR) is 97.2 cm³/mol. The molecule has 0 amide bonds. The first kappa shape index (κ1) is 18.5. The van der Waals surface area contributed by atoms with Gasteiger partial charge in [0, 0.05) is 22.9 Å². The van der Waals surface area contributed by atoms with E-state index in [2.05, 4.69) is 9.97 Å². The molecule has 144 valence electrons. The van der Waals surface area contributed by atoms with Crippen molar-refractivity contribution in [3.63, 3.8) is 0 Å².